The van der Waals surface area contributed by atoms with Gasteiger partial charge in [-0.2, -0.15) is 0 Å². The molecule has 1 heterocycles. The van der Waals surface area contributed by atoms with Crippen LogP contribution in [0.15, 0.2) is 36.7 Å². The van der Waals surface area contributed by atoms with E-state index in [2.05, 4.69) is 9.97 Å². The SMILES string of the molecule is Cc1cc([CH]c2ncccn2)ccc1F. The normalized spacial score (nSPS) is 10.3. The topological polar surface area (TPSA) is 25.8 Å². The highest BCUT2D eigenvalue weighted by Gasteiger charge is 2.02. The van der Waals surface area contributed by atoms with E-state index in [-0.39, 0.29) is 5.82 Å². The minimum Gasteiger partial charge on any atom is -0.241 e. The van der Waals surface area contributed by atoms with Crippen molar-refractivity contribution in [3.05, 3.63) is 65.8 Å². The largest absolute Gasteiger partial charge is 0.241 e. The van der Waals surface area contributed by atoms with Crippen LogP contribution in [-0.2, 0) is 0 Å². The lowest BCUT2D eigenvalue weighted by molar-refractivity contribution is 0.618. The third-order valence-corrected chi connectivity index (χ3v) is 2.06. The fourth-order valence-electron chi connectivity index (χ4n) is 1.29. The summed E-state index contributed by atoms with van der Waals surface area (Å²) in [5, 5.41) is 0. The summed E-state index contributed by atoms with van der Waals surface area (Å²) in [5.74, 6) is 0.435. The van der Waals surface area contributed by atoms with Gasteiger partial charge in [0.15, 0.2) is 0 Å². The number of benzene rings is 1. The maximum atomic E-state index is 13.0. The molecule has 0 aliphatic carbocycles. The number of hydrogen-bond acceptors (Lipinski definition) is 2. The lowest BCUT2D eigenvalue weighted by atomic mass is 10.1. The molecule has 2 rings (SSSR count). The molecule has 1 aromatic heterocycles. The van der Waals surface area contributed by atoms with Crippen molar-refractivity contribution in [2.24, 2.45) is 0 Å². The summed E-state index contributed by atoms with van der Waals surface area (Å²) in [6.07, 6.45) is 5.16. The van der Waals surface area contributed by atoms with Crippen molar-refractivity contribution in [3.63, 3.8) is 0 Å². The van der Waals surface area contributed by atoms with E-state index in [1.807, 2.05) is 6.42 Å². The number of rotatable bonds is 2. The first-order valence-corrected chi connectivity index (χ1v) is 4.63. The van der Waals surface area contributed by atoms with E-state index < -0.39 is 0 Å². The van der Waals surface area contributed by atoms with E-state index in [1.165, 1.54) is 6.07 Å². The Balaban J connectivity index is 2.22. The van der Waals surface area contributed by atoms with Gasteiger partial charge >= 0.3 is 0 Å². The smallest absolute Gasteiger partial charge is 0.136 e. The van der Waals surface area contributed by atoms with Crippen molar-refractivity contribution in [1.82, 2.24) is 9.97 Å². The predicted octanol–water partition coefficient (Wildman–Crippen LogP) is 2.52. The molecule has 0 atom stereocenters. The van der Waals surface area contributed by atoms with Gasteiger partial charge in [0.25, 0.3) is 0 Å². The van der Waals surface area contributed by atoms with Gasteiger partial charge < -0.3 is 0 Å². The first-order valence-electron chi connectivity index (χ1n) is 4.63. The Hall–Kier alpha value is -1.77. The van der Waals surface area contributed by atoms with Crippen molar-refractivity contribution in [2.75, 3.05) is 0 Å². The lowest BCUT2D eigenvalue weighted by Crippen LogP contribution is -1.93. The molecule has 1 radical (unpaired) electrons. The number of halogens is 1. The zero-order valence-electron chi connectivity index (χ0n) is 8.31. The maximum absolute atomic E-state index is 13.0. The highest BCUT2D eigenvalue weighted by Crippen LogP contribution is 2.12. The molecule has 0 unspecified atom stereocenters. The van der Waals surface area contributed by atoms with Crippen molar-refractivity contribution in [3.8, 4) is 0 Å². The summed E-state index contributed by atoms with van der Waals surface area (Å²) in [6.45, 7) is 1.73. The molecule has 0 aliphatic heterocycles. The predicted molar refractivity (Wildman–Crippen MR) is 55.7 cm³/mol. The zero-order valence-corrected chi connectivity index (χ0v) is 8.31. The number of aryl methyl sites for hydroxylation is 1. The van der Waals surface area contributed by atoms with E-state index >= 15 is 0 Å². The second kappa shape index (κ2) is 4.17. The van der Waals surface area contributed by atoms with Crippen molar-refractivity contribution < 1.29 is 4.39 Å². The summed E-state index contributed by atoms with van der Waals surface area (Å²) in [4.78, 5) is 8.13. The summed E-state index contributed by atoms with van der Waals surface area (Å²) >= 11 is 0. The Kier molecular flexibility index (Phi) is 2.72. The summed E-state index contributed by atoms with van der Waals surface area (Å²) in [7, 11) is 0. The third-order valence-electron chi connectivity index (χ3n) is 2.06. The Labute approximate surface area is 87.8 Å². The fourth-order valence-corrected chi connectivity index (χ4v) is 1.29. The molecular formula is C12H10FN2. The molecule has 2 nitrogen and oxygen atoms in total. The molecule has 75 valence electrons. The van der Waals surface area contributed by atoms with Gasteiger partial charge in [0.2, 0.25) is 0 Å². The number of aromatic nitrogens is 2. The van der Waals surface area contributed by atoms with Crippen molar-refractivity contribution in [2.45, 2.75) is 6.92 Å². The summed E-state index contributed by atoms with van der Waals surface area (Å²) in [6, 6.07) is 6.68. The van der Waals surface area contributed by atoms with Gasteiger partial charge in [-0.3, -0.25) is 0 Å². The third kappa shape index (κ3) is 2.37. The summed E-state index contributed by atoms with van der Waals surface area (Å²) < 4.78 is 13.0. The van der Waals surface area contributed by atoms with Crippen LogP contribution in [-0.4, -0.2) is 9.97 Å². The average Bonchev–Trinajstić information content (AvgIpc) is 2.25. The molecule has 0 saturated heterocycles. The van der Waals surface area contributed by atoms with Crippen LogP contribution in [0.3, 0.4) is 0 Å². The Bertz CT molecular complexity index is 454. The molecule has 0 fully saturated rings. The van der Waals surface area contributed by atoms with Crippen LogP contribution < -0.4 is 0 Å². The van der Waals surface area contributed by atoms with Gasteiger partial charge in [-0.05, 0) is 30.2 Å². The maximum Gasteiger partial charge on any atom is 0.136 e. The minimum atomic E-state index is -0.193. The number of nitrogens with zero attached hydrogens (tertiary/aromatic N) is 2. The molecule has 0 spiro atoms. The molecule has 15 heavy (non-hydrogen) atoms. The highest BCUT2D eigenvalue weighted by molar-refractivity contribution is 5.33. The lowest BCUT2D eigenvalue weighted by Gasteiger charge is -2.01. The monoisotopic (exact) mass is 201 g/mol. The van der Waals surface area contributed by atoms with Gasteiger partial charge in [-0.25, -0.2) is 14.4 Å². The molecule has 0 amide bonds. The quantitative estimate of drug-likeness (QED) is 0.746. The van der Waals surface area contributed by atoms with E-state index in [9.17, 15) is 4.39 Å². The molecule has 1 aromatic carbocycles. The zero-order chi connectivity index (χ0) is 10.7. The van der Waals surface area contributed by atoms with Gasteiger partial charge in [0, 0.05) is 12.4 Å². The fraction of sp³-hybridized carbons (Fsp3) is 0.0833. The Morgan fingerprint density at radius 3 is 2.60 bits per heavy atom. The van der Waals surface area contributed by atoms with E-state index in [0.717, 1.165) is 5.56 Å². The number of hydrogen-bond donors (Lipinski definition) is 0. The van der Waals surface area contributed by atoms with Gasteiger partial charge in [0.1, 0.15) is 11.6 Å². The standard InChI is InChI=1S/C12H10FN2/c1-9-7-10(3-4-11(9)13)8-12-14-5-2-6-15-12/h2-8H,1H3. The molecule has 3 heteroatoms. The molecule has 2 aromatic rings. The van der Waals surface area contributed by atoms with Crippen LogP contribution in [0.25, 0.3) is 0 Å². The second-order valence-electron chi connectivity index (χ2n) is 3.26. The molecule has 0 bridgehead atoms. The first-order chi connectivity index (χ1) is 7.25. The van der Waals surface area contributed by atoms with E-state index in [1.54, 1.807) is 37.5 Å². The van der Waals surface area contributed by atoms with Crippen LogP contribution in [0.5, 0.6) is 0 Å². The Morgan fingerprint density at radius 2 is 1.93 bits per heavy atom. The average molecular weight is 201 g/mol. The van der Waals surface area contributed by atoms with Gasteiger partial charge in [-0.15, -0.1) is 0 Å². The van der Waals surface area contributed by atoms with Crippen LogP contribution in [0.1, 0.15) is 17.0 Å². The van der Waals surface area contributed by atoms with Gasteiger partial charge in [0.05, 0.1) is 6.42 Å². The van der Waals surface area contributed by atoms with Crippen molar-refractivity contribution in [1.29, 1.82) is 0 Å². The van der Waals surface area contributed by atoms with E-state index in [0.29, 0.717) is 11.4 Å². The molecule has 0 saturated carbocycles. The van der Waals surface area contributed by atoms with Crippen LogP contribution in [0, 0.1) is 19.2 Å². The Morgan fingerprint density at radius 1 is 1.20 bits per heavy atom. The molecule has 0 N–H and O–H groups in total. The second-order valence-corrected chi connectivity index (χ2v) is 3.26. The van der Waals surface area contributed by atoms with Crippen LogP contribution in [0.4, 0.5) is 4.39 Å². The van der Waals surface area contributed by atoms with Crippen molar-refractivity contribution >= 4 is 0 Å². The van der Waals surface area contributed by atoms with E-state index in [4.69, 9.17) is 0 Å². The van der Waals surface area contributed by atoms with Crippen LogP contribution >= 0.6 is 0 Å². The van der Waals surface area contributed by atoms with Gasteiger partial charge in [-0.1, -0.05) is 12.1 Å². The highest BCUT2D eigenvalue weighted by atomic mass is 19.1. The summed E-state index contributed by atoms with van der Waals surface area (Å²) in [5.41, 5.74) is 1.53. The minimum absolute atomic E-state index is 0.193. The first kappa shape index (κ1) is 9.77. The molecule has 0 aliphatic rings. The van der Waals surface area contributed by atoms with Crippen LogP contribution in [0.2, 0.25) is 0 Å². The molecular weight excluding hydrogens is 191 g/mol.